The van der Waals surface area contributed by atoms with Crippen molar-refractivity contribution < 1.29 is 19.1 Å². The van der Waals surface area contributed by atoms with Crippen LogP contribution < -0.4 is 5.32 Å². The summed E-state index contributed by atoms with van der Waals surface area (Å²) in [5.41, 5.74) is 0.0551. The normalized spacial score (nSPS) is 17.6. The molecule has 1 aliphatic heterocycles. The molecule has 1 atom stereocenters. The van der Waals surface area contributed by atoms with Crippen LogP contribution in [0.15, 0.2) is 18.5 Å². The molecule has 1 amide bonds. The maximum Gasteiger partial charge on any atom is 0.410 e. The van der Waals surface area contributed by atoms with Crippen LogP contribution in [-0.4, -0.2) is 58.8 Å². The van der Waals surface area contributed by atoms with Gasteiger partial charge < -0.3 is 19.7 Å². The average Bonchev–Trinajstić information content (AvgIpc) is 3.01. The lowest BCUT2D eigenvalue weighted by Crippen LogP contribution is -2.36. The quantitative estimate of drug-likeness (QED) is 0.657. The summed E-state index contributed by atoms with van der Waals surface area (Å²) in [7, 11) is 1.31. The van der Waals surface area contributed by atoms with Crippen molar-refractivity contribution >= 4 is 24.0 Å². The number of esters is 1. The predicted octanol–water partition coefficient (Wildman–Crippen LogP) is 2.08. The van der Waals surface area contributed by atoms with Gasteiger partial charge in [0.15, 0.2) is 0 Å². The number of hydrogen-bond donors (Lipinski definition) is 1. The number of likely N-dealkylation sites (tertiary alicyclic amines) is 1. The molecular formula is C17H24N4O4. The summed E-state index contributed by atoms with van der Waals surface area (Å²) in [5, 5.41) is 3.25. The van der Waals surface area contributed by atoms with Gasteiger partial charge in [0.1, 0.15) is 11.4 Å². The number of nitrogens with zero attached hydrogens (tertiary/aromatic N) is 3. The molecule has 0 unspecified atom stereocenters. The molecule has 0 radical (unpaired) electrons. The highest BCUT2D eigenvalue weighted by Gasteiger charge is 2.29. The summed E-state index contributed by atoms with van der Waals surface area (Å²) < 4.78 is 9.89. The molecule has 0 aliphatic carbocycles. The van der Waals surface area contributed by atoms with Crippen LogP contribution in [0, 0.1) is 0 Å². The fourth-order valence-electron chi connectivity index (χ4n) is 2.30. The standard InChI is InChI=1S/C17H24N4O4/c1-17(2,3)25-16(23)21-8-7-13(11-21)20-14-10-18-12(9-19-14)5-6-15(22)24-4/h5-6,9-10,13H,7-8,11H2,1-4H3,(H,19,20)/b6-5+/t13-/m1/s1. The lowest BCUT2D eigenvalue weighted by atomic mass is 10.2. The smallest absolute Gasteiger partial charge is 0.410 e. The summed E-state index contributed by atoms with van der Waals surface area (Å²) in [6.07, 6.45) is 6.47. The molecule has 1 saturated heterocycles. The van der Waals surface area contributed by atoms with Gasteiger partial charge in [-0.15, -0.1) is 0 Å². The first kappa shape index (κ1) is 18.7. The minimum atomic E-state index is -0.498. The Morgan fingerprint density at radius 3 is 2.68 bits per heavy atom. The van der Waals surface area contributed by atoms with Gasteiger partial charge in [0.2, 0.25) is 0 Å². The topological polar surface area (TPSA) is 93.7 Å². The van der Waals surface area contributed by atoms with Crippen LogP contribution in [0.5, 0.6) is 0 Å². The Balaban J connectivity index is 1.86. The van der Waals surface area contributed by atoms with Crippen molar-refractivity contribution in [2.75, 3.05) is 25.5 Å². The van der Waals surface area contributed by atoms with E-state index < -0.39 is 11.6 Å². The molecule has 0 bridgehead atoms. The highest BCUT2D eigenvalue weighted by atomic mass is 16.6. The number of anilines is 1. The Bertz CT molecular complexity index is 637. The van der Waals surface area contributed by atoms with E-state index in [0.29, 0.717) is 24.6 Å². The number of nitrogens with one attached hydrogen (secondary N) is 1. The number of hydrogen-bond acceptors (Lipinski definition) is 7. The molecule has 8 nitrogen and oxygen atoms in total. The molecule has 0 spiro atoms. The van der Waals surface area contributed by atoms with Crippen molar-refractivity contribution in [2.24, 2.45) is 0 Å². The van der Waals surface area contributed by atoms with Crippen molar-refractivity contribution in [2.45, 2.75) is 38.8 Å². The third-order valence-corrected chi connectivity index (χ3v) is 3.46. The predicted molar refractivity (Wildman–Crippen MR) is 92.9 cm³/mol. The van der Waals surface area contributed by atoms with Gasteiger partial charge in [-0.05, 0) is 33.3 Å². The molecule has 8 heteroatoms. The zero-order valence-electron chi connectivity index (χ0n) is 15.0. The highest BCUT2D eigenvalue weighted by Crippen LogP contribution is 2.17. The first-order valence-electron chi connectivity index (χ1n) is 8.09. The molecule has 2 heterocycles. The minimum Gasteiger partial charge on any atom is -0.466 e. The van der Waals surface area contributed by atoms with Crippen LogP contribution in [0.2, 0.25) is 0 Å². The van der Waals surface area contributed by atoms with Crippen LogP contribution in [-0.2, 0) is 14.3 Å². The average molecular weight is 348 g/mol. The van der Waals surface area contributed by atoms with E-state index in [1.54, 1.807) is 17.3 Å². The maximum atomic E-state index is 12.1. The fourth-order valence-corrected chi connectivity index (χ4v) is 2.30. The molecule has 1 N–H and O–H groups in total. The van der Waals surface area contributed by atoms with Crippen LogP contribution in [0.3, 0.4) is 0 Å². The van der Waals surface area contributed by atoms with Gasteiger partial charge >= 0.3 is 12.1 Å². The molecular weight excluding hydrogens is 324 g/mol. The van der Waals surface area contributed by atoms with Gasteiger partial charge in [-0.25, -0.2) is 14.6 Å². The third-order valence-electron chi connectivity index (χ3n) is 3.46. The van der Waals surface area contributed by atoms with E-state index in [4.69, 9.17) is 4.74 Å². The second-order valence-corrected chi connectivity index (χ2v) is 6.74. The van der Waals surface area contributed by atoms with Gasteiger partial charge in [0.05, 0.1) is 25.2 Å². The monoisotopic (exact) mass is 348 g/mol. The van der Waals surface area contributed by atoms with Crippen molar-refractivity contribution in [3.63, 3.8) is 0 Å². The van der Waals surface area contributed by atoms with E-state index in [1.165, 1.54) is 19.3 Å². The largest absolute Gasteiger partial charge is 0.466 e. The lowest BCUT2D eigenvalue weighted by molar-refractivity contribution is -0.134. The Labute approximate surface area is 147 Å². The summed E-state index contributed by atoms with van der Waals surface area (Å²) in [6, 6.07) is 0.0956. The van der Waals surface area contributed by atoms with E-state index in [-0.39, 0.29) is 12.1 Å². The number of methoxy groups -OCH3 is 1. The minimum absolute atomic E-state index is 0.0956. The number of rotatable bonds is 4. The molecule has 2 rings (SSSR count). The van der Waals surface area contributed by atoms with Gasteiger partial charge in [-0.2, -0.15) is 0 Å². The lowest BCUT2D eigenvalue weighted by Gasteiger charge is -2.24. The number of carbonyl (C=O) groups excluding carboxylic acids is 2. The van der Waals surface area contributed by atoms with Crippen LogP contribution >= 0.6 is 0 Å². The van der Waals surface area contributed by atoms with Gasteiger partial charge in [-0.3, -0.25) is 4.98 Å². The fraction of sp³-hybridized carbons (Fsp3) is 0.529. The molecule has 1 aromatic heterocycles. The molecule has 0 saturated carbocycles. The maximum absolute atomic E-state index is 12.1. The van der Waals surface area contributed by atoms with E-state index in [1.807, 2.05) is 20.8 Å². The Morgan fingerprint density at radius 1 is 1.32 bits per heavy atom. The van der Waals surface area contributed by atoms with Crippen molar-refractivity contribution in [3.05, 3.63) is 24.2 Å². The van der Waals surface area contributed by atoms with Crippen molar-refractivity contribution in [3.8, 4) is 0 Å². The second-order valence-electron chi connectivity index (χ2n) is 6.74. The SMILES string of the molecule is COC(=O)/C=C/c1cnc(N[C@@H]2CCN(C(=O)OC(C)(C)C)C2)cn1. The van der Waals surface area contributed by atoms with E-state index in [9.17, 15) is 9.59 Å². The summed E-state index contributed by atoms with van der Waals surface area (Å²) in [5.74, 6) is 0.170. The summed E-state index contributed by atoms with van der Waals surface area (Å²) in [6.45, 7) is 6.74. The van der Waals surface area contributed by atoms with Crippen LogP contribution in [0.25, 0.3) is 6.08 Å². The number of ether oxygens (including phenoxy) is 2. The first-order chi connectivity index (χ1) is 11.8. The number of amides is 1. The summed E-state index contributed by atoms with van der Waals surface area (Å²) in [4.78, 5) is 33.3. The Hall–Kier alpha value is -2.64. The zero-order valence-corrected chi connectivity index (χ0v) is 15.0. The number of aromatic nitrogens is 2. The third kappa shape index (κ3) is 6.06. The Morgan fingerprint density at radius 2 is 2.08 bits per heavy atom. The van der Waals surface area contributed by atoms with E-state index in [0.717, 1.165) is 6.42 Å². The molecule has 1 aromatic rings. The number of carbonyl (C=O) groups is 2. The van der Waals surface area contributed by atoms with Crippen LogP contribution in [0.4, 0.5) is 10.6 Å². The van der Waals surface area contributed by atoms with Gasteiger partial charge in [0.25, 0.3) is 0 Å². The molecule has 25 heavy (non-hydrogen) atoms. The molecule has 1 fully saturated rings. The zero-order chi connectivity index (χ0) is 18.4. The molecule has 1 aliphatic rings. The molecule has 136 valence electrons. The summed E-state index contributed by atoms with van der Waals surface area (Å²) >= 11 is 0. The Kier molecular flexibility index (Phi) is 5.95. The van der Waals surface area contributed by atoms with Crippen molar-refractivity contribution in [1.29, 1.82) is 0 Å². The first-order valence-corrected chi connectivity index (χ1v) is 8.09. The molecule has 0 aromatic carbocycles. The van der Waals surface area contributed by atoms with Gasteiger partial charge in [0, 0.05) is 25.2 Å². The highest BCUT2D eigenvalue weighted by molar-refractivity contribution is 5.86. The second kappa shape index (κ2) is 7.96. The van der Waals surface area contributed by atoms with E-state index in [2.05, 4.69) is 20.0 Å². The van der Waals surface area contributed by atoms with Gasteiger partial charge in [-0.1, -0.05) is 0 Å². The van der Waals surface area contributed by atoms with E-state index >= 15 is 0 Å². The van der Waals surface area contributed by atoms with Crippen molar-refractivity contribution in [1.82, 2.24) is 14.9 Å². The van der Waals surface area contributed by atoms with Crippen LogP contribution in [0.1, 0.15) is 32.9 Å².